The molecule has 1 aromatic carbocycles. The number of aromatic amines is 1. The highest BCUT2D eigenvalue weighted by atomic mass is 32.1. The Hall–Kier alpha value is -2.02. The Morgan fingerprint density at radius 2 is 2.21 bits per heavy atom. The molecule has 3 heterocycles. The molecule has 0 spiro atoms. The van der Waals surface area contributed by atoms with Crippen molar-refractivity contribution in [3.63, 3.8) is 0 Å². The minimum atomic E-state index is -0.835. The highest BCUT2D eigenvalue weighted by molar-refractivity contribution is 7.17. The van der Waals surface area contributed by atoms with Crippen molar-refractivity contribution in [3.05, 3.63) is 63.0 Å². The fraction of sp³-hybridized carbons (Fsp3) is 0.333. The fourth-order valence-electron chi connectivity index (χ4n) is 3.53. The Balaban J connectivity index is 1.56. The minimum absolute atomic E-state index is 0.0848. The Labute approximate surface area is 143 Å². The summed E-state index contributed by atoms with van der Waals surface area (Å²) in [6, 6.07) is 9.84. The quantitative estimate of drug-likeness (QED) is 0.767. The van der Waals surface area contributed by atoms with E-state index in [-0.39, 0.29) is 5.56 Å². The topological polar surface area (TPSA) is 69.2 Å². The van der Waals surface area contributed by atoms with E-state index in [2.05, 4.69) is 14.9 Å². The van der Waals surface area contributed by atoms with Crippen molar-refractivity contribution in [3.8, 4) is 0 Å². The van der Waals surface area contributed by atoms with Gasteiger partial charge in [0.25, 0.3) is 5.56 Å². The molecule has 5 nitrogen and oxygen atoms in total. The standard InChI is InChI=1S/C18H19N3O2S/c1-12-4-2-3-5-13(12)18(23)7-8-21(11-18)10-15-19-14-6-9-24-16(14)17(22)20-15/h2-6,9,23H,7-8,10-11H2,1H3,(H,19,20,22)/t18-/m1/s1. The summed E-state index contributed by atoms with van der Waals surface area (Å²) < 4.78 is 0.664. The first-order valence-corrected chi connectivity index (χ1v) is 8.90. The molecule has 1 fully saturated rings. The van der Waals surface area contributed by atoms with E-state index in [0.29, 0.717) is 30.0 Å². The van der Waals surface area contributed by atoms with Crippen molar-refractivity contribution < 1.29 is 5.11 Å². The number of likely N-dealkylation sites (tertiary alicyclic amines) is 1. The maximum absolute atomic E-state index is 12.1. The van der Waals surface area contributed by atoms with Crippen molar-refractivity contribution in [2.24, 2.45) is 0 Å². The largest absolute Gasteiger partial charge is 0.384 e. The summed E-state index contributed by atoms with van der Waals surface area (Å²) >= 11 is 1.40. The smallest absolute Gasteiger partial charge is 0.268 e. The van der Waals surface area contributed by atoms with E-state index in [1.807, 2.05) is 42.6 Å². The molecule has 1 atom stereocenters. The number of aromatic nitrogens is 2. The molecule has 1 aliphatic heterocycles. The molecule has 4 rings (SSSR count). The lowest BCUT2D eigenvalue weighted by Crippen LogP contribution is -2.32. The molecule has 0 amide bonds. The molecule has 1 saturated heterocycles. The van der Waals surface area contributed by atoms with Crippen LogP contribution < -0.4 is 5.56 Å². The van der Waals surface area contributed by atoms with Gasteiger partial charge in [-0.2, -0.15) is 0 Å². The molecular formula is C18H19N3O2S. The van der Waals surface area contributed by atoms with E-state index >= 15 is 0 Å². The average molecular weight is 341 g/mol. The van der Waals surface area contributed by atoms with Crippen LogP contribution in [0.2, 0.25) is 0 Å². The van der Waals surface area contributed by atoms with E-state index in [0.717, 1.165) is 23.2 Å². The lowest BCUT2D eigenvalue weighted by Gasteiger charge is -2.25. The van der Waals surface area contributed by atoms with Gasteiger partial charge < -0.3 is 10.1 Å². The van der Waals surface area contributed by atoms with Gasteiger partial charge in [0.1, 0.15) is 16.1 Å². The first kappa shape index (κ1) is 15.5. The van der Waals surface area contributed by atoms with Gasteiger partial charge in [-0.1, -0.05) is 24.3 Å². The van der Waals surface area contributed by atoms with Gasteiger partial charge >= 0.3 is 0 Å². The van der Waals surface area contributed by atoms with E-state index < -0.39 is 5.60 Å². The molecule has 1 aliphatic rings. The predicted molar refractivity (Wildman–Crippen MR) is 95.2 cm³/mol. The lowest BCUT2D eigenvalue weighted by molar-refractivity contribution is 0.0444. The molecule has 0 bridgehead atoms. The molecule has 6 heteroatoms. The van der Waals surface area contributed by atoms with Crippen molar-refractivity contribution in [1.82, 2.24) is 14.9 Å². The number of thiophene rings is 1. The second-order valence-corrected chi connectivity index (χ2v) is 7.37. The van der Waals surface area contributed by atoms with Gasteiger partial charge in [0.15, 0.2) is 0 Å². The summed E-state index contributed by atoms with van der Waals surface area (Å²) in [7, 11) is 0. The summed E-state index contributed by atoms with van der Waals surface area (Å²) in [6.45, 7) is 3.88. The number of nitrogens with one attached hydrogen (secondary N) is 1. The summed E-state index contributed by atoms with van der Waals surface area (Å²) in [5, 5.41) is 12.9. The summed E-state index contributed by atoms with van der Waals surface area (Å²) in [5.41, 5.74) is 1.92. The van der Waals surface area contributed by atoms with Crippen LogP contribution >= 0.6 is 11.3 Å². The van der Waals surface area contributed by atoms with Crippen LogP contribution in [0.25, 0.3) is 10.2 Å². The van der Waals surface area contributed by atoms with Crippen LogP contribution in [-0.4, -0.2) is 33.1 Å². The van der Waals surface area contributed by atoms with Crippen LogP contribution in [-0.2, 0) is 12.1 Å². The van der Waals surface area contributed by atoms with Crippen molar-refractivity contribution >= 4 is 21.6 Å². The Kier molecular flexibility index (Phi) is 3.75. The third kappa shape index (κ3) is 2.66. The van der Waals surface area contributed by atoms with Gasteiger partial charge in [0.05, 0.1) is 12.1 Å². The molecule has 0 saturated carbocycles. The highest BCUT2D eigenvalue weighted by Gasteiger charge is 2.38. The summed E-state index contributed by atoms with van der Waals surface area (Å²) in [4.78, 5) is 21.6. The number of fused-ring (bicyclic) bond motifs is 1. The molecule has 124 valence electrons. The van der Waals surface area contributed by atoms with Gasteiger partial charge in [-0.05, 0) is 35.9 Å². The first-order valence-electron chi connectivity index (χ1n) is 8.02. The van der Waals surface area contributed by atoms with Crippen molar-refractivity contribution in [2.45, 2.75) is 25.5 Å². The van der Waals surface area contributed by atoms with E-state index in [1.165, 1.54) is 11.3 Å². The number of rotatable bonds is 3. The number of nitrogens with zero attached hydrogens (tertiary/aromatic N) is 2. The zero-order valence-corrected chi connectivity index (χ0v) is 14.3. The van der Waals surface area contributed by atoms with Crippen LogP contribution in [0.3, 0.4) is 0 Å². The summed E-state index contributed by atoms with van der Waals surface area (Å²) in [5.74, 6) is 0.653. The monoisotopic (exact) mass is 341 g/mol. The highest BCUT2D eigenvalue weighted by Crippen LogP contribution is 2.34. The van der Waals surface area contributed by atoms with Crippen molar-refractivity contribution in [2.75, 3.05) is 13.1 Å². The van der Waals surface area contributed by atoms with Crippen LogP contribution in [0.4, 0.5) is 0 Å². The summed E-state index contributed by atoms with van der Waals surface area (Å²) in [6.07, 6.45) is 0.683. The van der Waals surface area contributed by atoms with Crippen LogP contribution in [0.5, 0.6) is 0 Å². The first-order chi connectivity index (χ1) is 11.5. The van der Waals surface area contributed by atoms with Crippen LogP contribution in [0.1, 0.15) is 23.4 Å². The number of H-pyrrole nitrogens is 1. The number of β-amino-alcohol motifs (C(OH)–C–C–N with tert-alkyl or cyclic N) is 1. The molecule has 3 aromatic rings. The van der Waals surface area contributed by atoms with Gasteiger partial charge in [-0.25, -0.2) is 4.98 Å². The number of hydrogen-bond acceptors (Lipinski definition) is 5. The second kappa shape index (κ2) is 5.81. The third-order valence-corrected chi connectivity index (χ3v) is 5.61. The van der Waals surface area contributed by atoms with Crippen molar-refractivity contribution in [1.29, 1.82) is 0 Å². The molecule has 0 radical (unpaired) electrons. The fourth-order valence-corrected chi connectivity index (χ4v) is 4.25. The Bertz CT molecular complexity index is 949. The second-order valence-electron chi connectivity index (χ2n) is 6.45. The molecule has 0 unspecified atom stereocenters. The lowest BCUT2D eigenvalue weighted by atomic mass is 9.89. The van der Waals surface area contributed by atoms with Gasteiger partial charge in [0, 0.05) is 13.1 Å². The van der Waals surface area contributed by atoms with Gasteiger partial charge in [0.2, 0.25) is 0 Å². The van der Waals surface area contributed by atoms with E-state index in [1.54, 1.807) is 0 Å². The maximum Gasteiger partial charge on any atom is 0.268 e. The normalized spacial score (nSPS) is 21.6. The number of benzene rings is 1. The van der Waals surface area contributed by atoms with Crippen LogP contribution in [0.15, 0.2) is 40.5 Å². The van der Waals surface area contributed by atoms with E-state index in [4.69, 9.17) is 0 Å². The van der Waals surface area contributed by atoms with Gasteiger partial charge in [-0.15, -0.1) is 11.3 Å². The average Bonchev–Trinajstić information content (AvgIpc) is 3.16. The zero-order chi connectivity index (χ0) is 16.7. The molecule has 2 N–H and O–H groups in total. The molecule has 24 heavy (non-hydrogen) atoms. The SMILES string of the molecule is Cc1ccccc1[C@@]1(O)CCN(Cc2nc3ccsc3c(=O)[nH]2)C1. The maximum atomic E-state index is 12.1. The Morgan fingerprint density at radius 3 is 3.04 bits per heavy atom. The van der Waals surface area contributed by atoms with Gasteiger partial charge in [-0.3, -0.25) is 9.69 Å². The number of aryl methyl sites for hydroxylation is 1. The van der Waals surface area contributed by atoms with Crippen LogP contribution in [0, 0.1) is 6.92 Å². The number of aliphatic hydroxyl groups is 1. The number of hydrogen-bond donors (Lipinski definition) is 2. The Morgan fingerprint density at radius 1 is 1.38 bits per heavy atom. The minimum Gasteiger partial charge on any atom is -0.384 e. The zero-order valence-electron chi connectivity index (χ0n) is 13.5. The third-order valence-electron chi connectivity index (χ3n) is 4.71. The predicted octanol–water partition coefficient (Wildman–Crippen LogP) is 2.39. The molecule has 0 aliphatic carbocycles. The molecule has 2 aromatic heterocycles. The molecular weight excluding hydrogens is 322 g/mol. The van der Waals surface area contributed by atoms with E-state index in [9.17, 15) is 9.90 Å².